The molecule has 3 rings (SSSR count). The molecule has 1 aliphatic heterocycles. The number of nitrogens with one attached hydrogen (secondary N) is 1. The Labute approximate surface area is 82.1 Å². The van der Waals surface area contributed by atoms with E-state index in [1.165, 1.54) is 0 Å². The molecule has 0 aromatic heterocycles. The molecule has 2 aromatic rings. The first-order chi connectivity index (χ1) is 6.93. The van der Waals surface area contributed by atoms with Crippen LogP contribution in [-0.2, 0) is 0 Å². The first-order valence-electron chi connectivity index (χ1n) is 4.39. The number of rotatable bonds is 0. The summed E-state index contributed by atoms with van der Waals surface area (Å²) in [7, 11) is 0. The monoisotopic (exact) mass is 181 g/mol. The van der Waals surface area contributed by atoms with Crippen molar-refractivity contribution in [2.24, 2.45) is 0 Å². The summed E-state index contributed by atoms with van der Waals surface area (Å²) in [6.07, 6.45) is 0. The van der Waals surface area contributed by atoms with Gasteiger partial charge in [0.1, 0.15) is 0 Å². The zero-order valence-electron chi connectivity index (χ0n) is 7.37. The summed E-state index contributed by atoms with van der Waals surface area (Å²) in [6, 6.07) is 17.3. The van der Waals surface area contributed by atoms with Crippen molar-refractivity contribution in [3.05, 3.63) is 48.5 Å². The molecule has 0 saturated carbocycles. The highest BCUT2D eigenvalue weighted by atomic mass is 16.5. The van der Waals surface area contributed by atoms with Crippen LogP contribution in [0.3, 0.4) is 0 Å². The second-order valence-electron chi connectivity index (χ2n) is 3.06. The fraction of sp³-hybridized carbons (Fsp3) is 0. The number of para-hydroxylation sites is 1. The van der Waals surface area contributed by atoms with E-state index in [1.807, 2.05) is 36.4 Å². The summed E-state index contributed by atoms with van der Waals surface area (Å²) >= 11 is 0. The minimum absolute atomic E-state index is 0.736. The van der Waals surface area contributed by atoms with Gasteiger partial charge in [0.25, 0.3) is 0 Å². The molecular formula is C12H7NO. The molecule has 1 heterocycles. The van der Waals surface area contributed by atoms with Crippen LogP contribution in [0, 0.1) is 12.1 Å². The Hall–Kier alpha value is -1.96. The first-order valence-corrected chi connectivity index (χ1v) is 4.39. The van der Waals surface area contributed by atoms with Crippen molar-refractivity contribution in [2.75, 3.05) is 5.32 Å². The van der Waals surface area contributed by atoms with Gasteiger partial charge in [0.05, 0.1) is 11.4 Å². The lowest BCUT2D eigenvalue weighted by Crippen LogP contribution is -2.01. The molecule has 0 fully saturated rings. The third kappa shape index (κ3) is 1.04. The summed E-state index contributed by atoms with van der Waals surface area (Å²) in [4.78, 5) is 0. The van der Waals surface area contributed by atoms with Crippen LogP contribution in [0.5, 0.6) is 11.5 Å². The molecule has 0 spiro atoms. The number of anilines is 2. The molecule has 2 aromatic carbocycles. The van der Waals surface area contributed by atoms with E-state index in [1.54, 1.807) is 0 Å². The second kappa shape index (κ2) is 2.77. The van der Waals surface area contributed by atoms with Crippen molar-refractivity contribution in [3.8, 4) is 11.5 Å². The quantitative estimate of drug-likeness (QED) is 0.575. The molecule has 1 N–H and O–H groups in total. The molecule has 1 aliphatic rings. The molecule has 0 bridgehead atoms. The average Bonchev–Trinajstić information content (AvgIpc) is 2.26. The van der Waals surface area contributed by atoms with Crippen LogP contribution < -0.4 is 10.1 Å². The predicted octanol–water partition coefficient (Wildman–Crippen LogP) is 3.14. The Morgan fingerprint density at radius 2 is 2.14 bits per heavy atom. The molecule has 0 amide bonds. The number of benzene rings is 2. The number of fused-ring (bicyclic) bond motifs is 2. The highest BCUT2D eigenvalue weighted by molar-refractivity contribution is 5.74. The zero-order chi connectivity index (χ0) is 9.38. The summed E-state index contributed by atoms with van der Waals surface area (Å²) in [5.41, 5.74) is 1.92. The van der Waals surface area contributed by atoms with Crippen molar-refractivity contribution < 1.29 is 4.74 Å². The molecule has 14 heavy (non-hydrogen) atoms. The van der Waals surface area contributed by atoms with Crippen LogP contribution in [0.4, 0.5) is 11.4 Å². The fourth-order valence-corrected chi connectivity index (χ4v) is 1.46. The van der Waals surface area contributed by atoms with Gasteiger partial charge in [-0.05, 0) is 24.3 Å². The van der Waals surface area contributed by atoms with Gasteiger partial charge in [-0.3, -0.25) is 0 Å². The average molecular weight is 181 g/mol. The van der Waals surface area contributed by atoms with Gasteiger partial charge in [-0.25, -0.2) is 0 Å². The van der Waals surface area contributed by atoms with Crippen molar-refractivity contribution in [1.29, 1.82) is 0 Å². The molecule has 0 atom stereocenters. The molecular weight excluding hydrogens is 174 g/mol. The Kier molecular flexibility index (Phi) is 1.47. The smallest absolute Gasteiger partial charge is 0.158 e. The van der Waals surface area contributed by atoms with E-state index in [9.17, 15) is 0 Å². The van der Waals surface area contributed by atoms with Crippen LogP contribution in [-0.4, -0.2) is 0 Å². The summed E-state index contributed by atoms with van der Waals surface area (Å²) < 4.78 is 5.63. The maximum Gasteiger partial charge on any atom is 0.158 e. The normalized spacial score (nSPS) is 12.0. The highest BCUT2D eigenvalue weighted by Crippen LogP contribution is 2.40. The molecule has 0 saturated heterocycles. The topological polar surface area (TPSA) is 21.3 Å². The van der Waals surface area contributed by atoms with Crippen LogP contribution in [0.2, 0.25) is 0 Å². The van der Waals surface area contributed by atoms with Gasteiger partial charge in [0, 0.05) is 6.07 Å². The molecule has 66 valence electrons. The van der Waals surface area contributed by atoms with E-state index in [4.69, 9.17) is 4.74 Å². The van der Waals surface area contributed by atoms with Gasteiger partial charge in [-0.2, -0.15) is 0 Å². The summed E-state index contributed by atoms with van der Waals surface area (Å²) in [5.74, 6) is 1.53. The predicted molar refractivity (Wildman–Crippen MR) is 53.9 cm³/mol. The Morgan fingerprint density at radius 1 is 1.14 bits per heavy atom. The number of hydrogen-bond donors (Lipinski definition) is 1. The van der Waals surface area contributed by atoms with Gasteiger partial charge in [-0.15, -0.1) is 0 Å². The summed E-state index contributed by atoms with van der Waals surface area (Å²) in [6.45, 7) is 0. The van der Waals surface area contributed by atoms with Gasteiger partial charge in [0.2, 0.25) is 0 Å². The lowest BCUT2D eigenvalue weighted by Gasteiger charge is -2.20. The largest absolute Gasteiger partial charge is 0.452 e. The number of ether oxygens (including phenoxy) is 1. The molecule has 0 aliphatic carbocycles. The van der Waals surface area contributed by atoms with Crippen molar-refractivity contribution >= 4 is 11.4 Å². The minimum atomic E-state index is 0.736. The highest BCUT2D eigenvalue weighted by Gasteiger charge is 2.14. The third-order valence-electron chi connectivity index (χ3n) is 2.13. The van der Waals surface area contributed by atoms with E-state index in [0.717, 1.165) is 22.9 Å². The van der Waals surface area contributed by atoms with Gasteiger partial charge in [-0.1, -0.05) is 18.2 Å². The van der Waals surface area contributed by atoms with Crippen molar-refractivity contribution in [1.82, 2.24) is 0 Å². The van der Waals surface area contributed by atoms with Gasteiger partial charge >= 0.3 is 0 Å². The van der Waals surface area contributed by atoms with Crippen molar-refractivity contribution in [2.45, 2.75) is 0 Å². The van der Waals surface area contributed by atoms with Gasteiger partial charge in [0.15, 0.2) is 11.5 Å². The van der Waals surface area contributed by atoms with Crippen LogP contribution >= 0.6 is 0 Å². The Balaban J connectivity index is 2.12. The SMILES string of the molecule is [c]1ccc2c(c1)Oc1[c]cccc1N2. The van der Waals surface area contributed by atoms with Crippen LogP contribution in [0.1, 0.15) is 0 Å². The zero-order valence-corrected chi connectivity index (χ0v) is 7.37. The van der Waals surface area contributed by atoms with Crippen molar-refractivity contribution in [3.63, 3.8) is 0 Å². The molecule has 2 radical (unpaired) electrons. The van der Waals surface area contributed by atoms with E-state index < -0.39 is 0 Å². The maximum atomic E-state index is 5.63. The molecule has 2 heteroatoms. The van der Waals surface area contributed by atoms with E-state index in [-0.39, 0.29) is 0 Å². The Bertz CT molecular complexity index is 392. The summed E-state index contributed by atoms with van der Waals surface area (Å²) in [5, 5.41) is 3.26. The van der Waals surface area contributed by atoms with Crippen LogP contribution in [0.15, 0.2) is 36.4 Å². The lowest BCUT2D eigenvalue weighted by molar-refractivity contribution is 0.480. The van der Waals surface area contributed by atoms with E-state index in [2.05, 4.69) is 17.4 Å². The first kappa shape index (κ1) is 7.44. The molecule has 2 nitrogen and oxygen atoms in total. The van der Waals surface area contributed by atoms with E-state index in [0.29, 0.717) is 0 Å². The maximum absolute atomic E-state index is 5.63. The molecule has 0 unspecified atom stereocenters. The second-order valence-corrected chi connectivity index (χ2v) is 3.06. The lowest BCUT2D eigenvalue weighted by atomic mass is 10.2. The fourth-order valence-electron chi connectivity index (χ4n) is 1.46. The standard InChI is InChI=1S/C12H7NO/c1-3-7-11-9(5-1)13-10-6-2-4-8-12(10)14-11/h1-3,5-6,8,13H. The minimum Gasteiger partial charge on any atom is -0.452 e. The number of hydrogen-bond acceptors (Lipinski definition) is 2. The third-order valence-corrected chi connectivity index (χ3v) is 2.13. The van der Waals surface area contributed by atoms with Gasteiger partial charge < -0.3 is 10.1 Å². The Morgan fingerprint density at radius 3 is 3.14 bits per heavy atom. The van der Waals surface area contributed by atoms with E-state index >= 15 is 0 Å². The van der Waals surface area contributed by atoms with Crippen LogP contribution in [0.25, 0.3) is 0 Å².